The molecule has 1 aliphatic heterocycles. The number of carbonyl (C=O) groups excluding carboxylic acids is 1. The lowest BCUT2D eigenvalue weighted by Gasteiger charge is -2.33. The fourth-order valence-corrected chi connectivity index (χ4v) is 3.69. The number of ether oxygens (including phenoxy) is 1. The molecule has 0 saturated carbocycles. The first-order valence-corrected chi connectivity index (χ1v) is 9.61. The molecule has 0 aromatic heterocycles. The van der Waals surface area contributed by atoms with Crippen molar-refractivity contribution in [1.82, 2.24) is 0 Å². The molecule has 0 amide bonds. The quantitative estimate of drug-likeness (QED) is 0.474. The van der Waals surface area contributed by atoms with Gasteiger partial charge in [-0.15, -0.1) is 0 Å². The average Bonchev–Trinajstić information content (AvgIpc) is 3.03. The molecule has 4 heteroatoms. The van der Waals surface area contributed by atoms with Crippen LogP contribution in [0.3, 0.4) is 0 Å². The fourth-order valence-electron chi connectivity index (χ4n) is 3.69. The molecule has 1 unspecified atom stereocenters. The van der Waals surface area contributed by atoms with Gasteiger partial charge >= 0.3 is 5.97 Å². The van der Waals surface area contributed by atoms with Crippen LogP contribution in [0, 0.1) is 11.3 Å². The van der Waals surface area contributed by atoms with Crippen molar-refractivity contribution in [2.45, 2.75) is 73.3 Å². The Balaban J connectivity index is 1.95. The van der Waals surface area contributed by atoms with E-state index in [0.29, 0.717) is 0 Å². The minimum absolute atomic E-state index is 0.0523. The molecule has 0 fully saturated rings. The summed E-state index contributed by atoms with van der Waals surface area (Å²) in [6.07, 6.45) is 10.9. The maximum atomic E-state index is 10.8. The van der Waals surface area contributed by atoms with Crippen molar-refractivity contribution in [2.24, 2.45) is 16.5 Å². The van der Waals surface area contributed by atoms with E-state index >= 15 is 0 Å². The number of allylic oxidation sites excluding steroid dienone is 4. The lowest BCUT2D eigenvalue weighted by molar-refractivity contribution is -0.139. The van der Waals surface area contributed by atoms with Gasteiger partial charge in [0, 0.05) is 19.3 Å². The maximum Gasteiger partial charge on any atom is 0.302 e. The molecular formula is C22H33NO3. The second-order valence-electron chi connectivity index (χ2n) is 8.21. The molecule has 1 heterocycles. The van der Waals surface area contributed by atoms with Crippen LogP contribution in [0.5, 0.6) is 0 Å². The molecule has 4 nitrogen and oxygen atoms in total. The van der Waals surface area contributed by atoms with E-state index in [9.17, 15) is 4.79 Å². The third-order valence-corrected chi connectivity index (χ3v) is 5.51. The van der Waals surface area contributed by atoms with E-state index in [1.54, 1.807) is 0 Å². The van der Waals surface area contributed by atoms with Gasteiger partial charge in [0.15, 0.2) is 6.10 Å². The van der Waals surface area contributed by atoms with Gasteiger partial charge in [-0.3, -0.25) is 4.79 Å². The normalized spacial score (nSPS) is 24.5. The lowest BCUT2D eigenvalue weighted by atomic mass is 9.72. The molecule has 1 aliphatic carbocycles. The topological polar surface area (TPSA) is 47.9 Å². The summed E-state index contributed by atoms with van der Waals surface area (Å²) in [4.78, 5) is 16.4. The Labute approximate surface area is 158 Å². The Morgan fingerprint density at radius 3 is 2.81 bits per heavy atom. The summed E-state index contributed by atoms with van der Waals surface area (Å²) >= 11 is 0. The molecule has 0 bridgehead atoms. The van der Waals surface area contributed by atoms with E-state index in [-0.39, 0.29) is 30.0 Å². The first-order chi connectivity index (χ1) is 12.2. The van der Waals surface area contributed by atoms with Gasteiger partial charge in [0.1, 0.15) is 6.61 Å². The van der Waals surface area contributed by atoms with E-state index in [1.165, 1.54) is 37.3 Å². The van der Waals surface area contributed by atoms with Crippen LogP contribution >= 0.6 is 0 Å². The Bertz CT molecular complexity index is 652. The Morgan fingerprint density at radius 1 is 1.42 bits per heavy atom. The minimum atomic E-state index is -0.271. The van der Waals surface area contributed by atoms with Gasteiger partial charge in [-0.05, 0) is 55.7 Å². The lowest BCUT2D eigenvalue weighted by Crippen LogP contribution is -2.19. The molecule has 0 saturated heterocycles. The monoisotopic (exact) mass is 359 g/mol. The predicted molar refractivity (Wildman–Crippen MR) is 106 cm³/mol. The highest BCUT2D eigenvalue weighted by Gasteiger charge is 2.28. The van der Waals surface area contributed by atoms with Gasteiger partial charge in [0.25, 0.3) is 0 Å². The largest absolute Gasteiger partial charge is 0.462 e. The van der Waals surface area contributed by atoms with Gasteiger partial charge in [-0.25, -0.2) is 0 Å². The van der Waals surface area contributed by atoms with E-state index in [1.807, 2.05) is 13.0 Å². The second kappa shape index (κ2) is 8.70. The van der Waals surface area contributed by atoms with E-state index in [4.69, 9.17) is 9.57 Å². The van der Waals surface area contributed by atoms with Crippen LogP contribution in [-0.4, -0.2) is 24.4 Å². The predicted octanol–water partition coefficient (Wildman–Crippen LogP) is 5.36. The van der Waals surface area contributed by atoms with Crippen LogP contribution in [0.25, 0.3) is 0 Å². The highest BCUT2D eigenvalue weighted by Crippen LogP contribution is 2.41. The summed E-state index contributed by atoms with van der Waals surface area (Å²) in [6, 6.07) is 0. The standard InChI is InChI=1S/C22H33NO3/c1-15-8-7-12-22(5,6)19(15)10-9-16(2)20-14-21(26-23-20)17(3)11-13-25-18(4)24/h9-11,16,21H,7-8,12-14H2,1-6H3/b10-9+,17-11+/t16-,21?/m1/s1. The van der Waals surface area contributed by atoms with Crippen molar-refractivity contribution < 1.29 is 14.4 Å². The molecule has 0 radical (unpaired) electrons. The maximum absolute atomic E-state index is 10.8. The summed E-state index contributed by atoms with van der Waals surface area (Å²) in [5.41, 5.74) is 5.36. The SMILES string of the molecule is CC(=O)OC/C=C(\C)C1CC([C@H](C)/C=C/C2=C(C)CCCC2(C)C)=NO1. The van der Waals surface area contributed by atoms with Crippen molar-refractivity contribution in [3.63, 3.8) is 0 Å². The van der Waals surface area contributed by atoms with Crippen molar-refractivity contribution in [2.75, 3.05) is 6.61 Å². The second-order valence-corrected chi connectivity index (χ2v) is 8.21. The number of rotatable bonds is 6. The summed E-state index contributed by atoms with van der Waals surface area (Å²) in [5, 5.41) is 4.30. The van der Waals surface area contributed by atoms with Crippen molar-refractivity contribution in [1.29, 1.82) is 0 Å². The van der Waals surface area contributed by atoms with Crippen molar-refractivity contribution >= 4 is 11.7 Å². The first-order valence-electron chi connectivity index (χ1n) is 9.61. The number of carbonyl (C=O) groups is 1. The number of oxime groups is 1. The van der Waals surface area contributed by atoms with Crippen LogP contribution < -0.4 is 0 Å². The zero-order valence-corrected chi connectivity index (χ0v) is 17.1. The zero-order chi connectivity index (χ0) is 19.3. The number of hydrogen-bond donors (Lipinski definition) is 0. The summed E-state index contributed by atoms with van der Waals surface area (Å²) < 4.78 is 4.96. The first kappa shape index (κ1) is 20.5. The fraction of sp³-hybridized carbons (Fsp3) is 0.636. The van der Waals surface area contributed by atoms with E-state index in [2.05, 4.69) is 45.0 Å². The molecule has 2 aliphatic rings. The molecule has 0 aromatic rings. The smallest absolute Gasteiger partial charge is 0.302 e. The molecule has 2 rings (SSSR count). The van der Waals surface area contributed by atoms with Crippen LogP contribution in [0.2, 0.25) is 0 Å². The highest BCUT2D eigenvalue weighted by atomic mass is 16.6. The van der Waals surface area contributed by atoms with Crippen LogP contribution in [-0.2, 0) is 14.4 Å². The molecule has 0 aromatic carbocycles. The van der Waals surface area contributed by atoms with E-state index in [0.717, 1.165) is 17.7 Å². The average molecular weight is 360 g/mol. The molecular weight excluding hydrogens is 326 g/mol. The molecule has 0 spiro atoms. The van der Waals surface area contributed by atoms with Crippen LogP contribution in [0.4, 0.5) is 0 Å². The van der Waals surface area contributed by atoms with Crippen molar-refractivity contribution in [3.05, 3.63) is 34.9 Å². The van der Waals surface area contributed by atoms with Gasteiger partial charge in [0.2, 0.25) is 0 Å². The summed E-state index contributed by atoms with van der Waals surface area (Å²) in [7, 11) is 0. The van der Waals surface area contributed by atoms with Crippen LogP contribution in [0.15, 0.2) is 40.1 Å². The number of hydrogen-bond acceptors (Lipinski definition) is 4. The summed E-state index contributed by atoms with van der Waals surface area (Å²) in [5.74, 6) is -0.0216. The minimum Gasteiger partial charge on any atom is -0.462 e. The zero-order valence-electron chi connectivity index (χ0n) is 17.1. The highest BCUT2D eigenvalue weighted by molar-refractivity contribution is 5.89. The third kappa shape index (κ3) is 5.33. The van der Waals surface area contributed by atoms with Gasteiger partial charge < -0.3 is 9.57 Å². The Kier molecular flexibility index (Phi) is 6.85. The van der Waals surface area contributed by atoms with Gasteiger partial charge in [-0.1, -0.05) is 43.7 Å². The number of nitrogens with zero attached hydrogens (tertiary/aromatic N) is 1. The van der Waals surface area contributed by atoms with Crippen molar-refractivity contribution in [3.8, 4) is 0 Å². The third-order valence-electron chi connectivity index (χ3n) is 5.51. The van der Waals surface area contributed by atoms with Crippen LogP contribution in [0.1, 0.15) is 67.2 Å². The summed E-state index contributed by atoms with van der Waals surface area (Å²) in [6.45, 7) is 12.8. The van der Waals surface area contributed by atoms with E-state index < -0.39 is 0 Å². The molecule has 26 heavy (non-hydrogen) atoms. The molecule has 144 valence electrons. The molecule has 0 N–H and O–H groups in total. The Morgan fingerprint density at radius 2 is 2.15 bits per heavy atom. The van der Waals surface area contributed by atoms with Gasteiger partial charge in [-0.2, -0.15) is 0 Å². The molecule has 2 atom stereocenters. The number of esters is 1. The van der Waals surface area contributed by atoms with Gasteiger partial charge in [0.05, 0.1) is 5.71 Å². The Hall–Kier alpha value is -1.84.